The Balaban J connectivity index is 1.59. The van der Waals surface area contributed by atoms with Gasteiger partial charge in [0.1, 0.15) is 17.5 Å². The minimum atomic E-state index is -1.43. The maximum Gasteiger partial charge on any atom is 0.309 e. The Morgan fingerprint density at radius 1 is 0.946 bits per heavy atom. The molecule has 7 heteroatoms. The van der Waals surface area contributed by atoms with Crippen molar-refractivity contribution in [1.82, 2.24) is 0 Å². The van der Waals surface area contributed by atoms with Crippen LogP contribution >= 0.6 is 0 Å². The fourth-order valence-electron chi connectivity index (χ4n) is 10.8. The van der Waals surface area contributed by atoms with Gasteiger partial charge in [0.05, 0.1) is 23.4 Å². The van der Waals surface area contributed by atoms with Crippen LogP contribution in [-0.2, 0) is 23.9 Å². The van der Waals surface area contributed by atoms with E-state index in [9.17, 15) is 29.4 Å². The molecule has 0 bridgehead atoms. The summed E-state index contributed by atoms with van der Waals surface area (Å²) in [7, 11) is 0. The number of rotatable bonds is 0. The number of hydrogen-bond donors (Lipinski definition) is 2. The maximum absolute atomic E-state index is 14.8. The van der Waals surface area contributed by atoms with Crippen LogP contribution in [-0.4, -0.2) is 51.3 Å². The first kappa shape index (κ1) is 25.4. The van der Waals surface area contributed by atoms with E-state index in [1.165, 1.54) is 0 Å². The lowest BCUT2D eigenvalue weighted by atomic mass is 9.42. The van der Waals surface area contributed by atoms with Crippen molar-refractivity contribution in [2.45, 2.75) is 98.4 Å². The third-order valence-electron chi connectivity index (χ3n) is 12.6. The third kappa shape index (κ3) is 2.53. The molecule has 11 atom stereocenters. The van der Waals surface area contributed by atoms with E-state index in [0.717, 1.165) is 0 Å². The van der Waals surface area contributed by atoms with Crippen LogP contribution in [0.5, 0.6) is 0 Å². The van der Waals surface area contributed by atoms with Crippen molar-refractivity contribution in [2.75, 3.05) is 0 Å². The number of carbonyl (C=O) groups excluding carboxylic acids is 4. The molecule has 4 fully saturated rings. The van der Waals surface area contributed by atoms with Gasteiger partial charge in [0.2, 0.25) is 0 Å². The van der Waals surface area contributed by atoms with Gasteiger partial charge in [-0.1, -0.05) is 41.5 Å². The number of aliphatic hydroxyl groups excluding tert-OH is 2. The standard InChI is InChI=1S/C30H40O7/c1-13-11-30(12-14(2)25(36)37-30)21-18(13)28(6)24(35)22(33)20-19(29(28,7)23(21)34)15(31)10-16-26(3,4)17(32)8-9-27(16,20)5/h13-16,18,21,24,31,35H,8-12H2,1-7H3/t13-,14?,15-,16?,18?,21-,24-,27+,28+,29-,30?/m1/s1. The molecule has 0 aromatic heterocycles. The zero-order valence-corrected chi connectivity index (χ0v) is 23.0. The summed E-state index contributed by atoms with van der Waals surface area (Å²) in [6.07, 6.45) is -0.460. The van der Waals surface area contributed by atoms with Crippen molar-refractivity contribution in [3.63, 3.8) is 0 Å². The van der Waals surface area contributed by atoms with Crippen molar-refractivity contribution in [3.8, 4) is 0 Å². The summed E-state index contributed by atoms with van der Waals surface area (Å²) in [4.78, 5) is 54.5. The van der Waals surface area contributed by atoms with E-state index >= 15 is 0 Å². The minimum absolute atomic E-state index is 0.0567. The number of ketones is 3. The molecule has 7 nitrogen and oxygen atoms in total. The Hall–Kier alpha value is -1.86. The van der Waals surface area contributed by atoms with Crippen LogP contribution in [0.1, 0.15) is 80.6 Å². The lowest BCUT2D eigenvalue weighted by Gasteiger charge is -2.61. The Labute approximate surface area is 218 Å². The highest BCUT2D eigenvalue weighted by atomic mass is 16.6. The first-order chi connectivity index (χ1) is 17.0. The minimum Gasteiger partial charge on any atom is -0.458 e. The number of ether oxygens (including phenoxy) is 1. The van der Waals surface area contributed by atoms with Crippen LogP contribution in [0.15, 0.2) is 11.1 Å². The van der Waals surface area contributed by atoms with Gasteiger partial charge in [0.15, 0.2) is 11.6 Å². The fourth-order valence-corrected chi connectivity index (χ4v) is 10.8. The second-order valence-electron chi connectivity index (χ2n) is 14.5. The van der Waals surface area contributed by atoms with Gasteiger partial charge in [0.25, 0.3) is 0 Å². The first-order valence-electron chi connectivity index (χ1n) is 14.0. The lowest BCUT2D eigenvalue weighted by Crippen LogP contribution is -2.64. The predicted molar refractivity (Wildman–Crippen MR) is 133 cm³/mol. The summed E-state index contributed by atoms with van der Waals surface area (Å²) in [5, 5.41) is 23.7. The van der Waals surface area contributed by atoms with Crippen LogP contribution in [0, 0.1) is 51.2 Å². The molecular formula is C30H40O7. The highest BCUT2D eigenvalue weighted by molar-refractivity contribution is 6.09. The van der Waals surface area contributed by atoms with Crippen molar-refractivity contribution >= 4 is 23.3 Å². The molecule has 1 saturated heterocycles. The summed E-state index contributed by atoms with van der Waals surface area (Å²) in [6.45, 7) is 13.3. The number of esters is 1. The van der Waals surface area contributed by atoms with E-state index in [1.807, 2.05) is 48.5 Å². The van der Waals surface area contributed by atoms with Crippen molar-refractivity contribution in [1.29, 1.82) is 0 Å². The van der Waals surface area contributed by atoms with Gasteiger partial charge >= 0.3 is 5.97 Å². The van der Waals surface area contributed by atoms with Gasteiger partial charge in [-0.3, -0.25) is 19.2 Å². The number of fused-ring (bicyclic) bond motifs is 7. The van der Waals surface area contributed by atoms with E-state index in [1.54, 1.807) is 0 Å². The van der Waals surface area contributed by atoms with Gasteiger partial charge in [-0.15, -0.1) is 0 Å². The van der Waals surface area contributed by atoms with Crippen LogP contribution in [0.2, 0.25) is 0 Å². The smallest absolute Gasteiger partial charge is 0.309 e. The Morgan fingerprint density at radius 3 is 2.19 bits per heavy atom. The second kappa shape index (κ2) is 7.01. The number of hydrogen-bond acceptors (Lipinski definition) is 7. The van der Waals surface area contributed by atoms with Gasteiger partial charge in [-0.05, 0) is 49.5 Å². The monoisotopic (exact) mass is 512 g/mol. The summed E-state index contributed by atoms with van der Waals surface area (Å²) < 4.78 is 6.00. The molecule has 37 heavy (non-hydrogen) atoms. The van der Waals surface area contributed by atoms with Crippen LogP contribution in [0.3, 0.4) is 0 Å². The lowest BCUT2D eigenvalue weighted by molar-refractivity contribution is -0.159. The molecule has 0 radical (unpaired) electrons. The Bertz CT molecular complexity index is 1200. The van der Waals surface area contributed by atoms with E-state index in [0.29, 0.717) is 43.3 Å². The van der Waals surface area contributed by atoms with Gasteiger partial charge in [-0.25, -0.2) is 0 Å². The predicted octanol–water partition coefficient (Wildman–Crippen LogP) is 3.19. The average Bonchev–Trinajstić information content (AvgIpc) is 3.33. The molecule has 0 aromatic carbocycles. The molecule has 0 amide bonds. The number of carbonyl (C=O) groups is 4. The number of aliphatic hydroxyl groups is 2. The van der Waals surface area contributed by atoms with Crippen LogP contribution < -0.4 is 0 Å². The molecule has 1 spiro atoms. The molecule has 3 saturated carbocycles. The molecule has 6 aliphatic rings. The zero-order valence-electron chi connectivity index (χ0n) is 23.0. The largest absolute Gasteiger partial charge is 0.458 e. The van der Waals surface area contributed by atoms with Crippen LogP contribution in [0.4, 0.5) is 0 Å². The molecular weight excluding hydrogens is 472 g/mol. The SMILES string of the molecule is CC1CC2(C[C@@H](C)C3[C@@H]2C(=O)[C@@]2(C)C4=C(C(=O)[C@@H](O)[C@]32C)[C@@]2(C)CCC(=O)C(C)(C)C2C[C@H]4O)OC1=O. The molecule has 1 heterocycles. The molecule has 5 aliphatic carbocycles. The highest BCUT2D eigenvalue weighted by Crippen LogP contribution is 2.75. The van der Waals surface area contributed by atoms with E-state index in [2.05, 4.69) is 0 Å². The van der Waals surface area contributed by atoms with Crippen molar-refractivity contribution in [2.24, 2.45) is 51.2 Å². The quantitative estimate of drug-likeness (QED) is 0.479. The average molecular weight is 513 g/mol. The Kier molecular flexibility index (Phi) is 4.82. The van der Waals surface area contributed by atoms with Gasteiger partial charge in [-0.2, -0.15) is 0 Å². The molecule has 1 aliphatic heterocycles. The van der Waals surface area contributed by atoms with E-state index in [4.69, 9.17) is 4.74 Å². The molecule has 202 valence electrons. The number of Topliss-reactive ketones (excluding diaryl/α,β-unsaturated/α-hetero) is 3. The third-order valence-corrected chi connectivity index (χ3v) is 12.6. The zero-order chi connectivity index (χ0) is 27.2. The summed E-state index contributed by atoms with van der Waals surface area (Å²) in [6, 6.07) is 0. The van der Waals surface area contributed by atoms with Gasteiger partial charge < -0.3 is 14.9 Å². The molecule has 6 rings (SSSR count). The maximum atomic E-state index is 14.8. The normalized spacial score (nSPS) is 54.2. The highest BCUT2D eigenvalue weighted by Gasteiger charge is 2.81. The topological polar surface area (TPSA) is 118 Å². The van der Waals surface area contributed by atoms with Crippen molar-refractivity contribution in [3.05, 3.63) is 11.1 Å². The summed E-state index contributed by atoms with van der Waals surface area (Å²) in [5.41, 5.74) is -4.01. The summed E-state index contributed by atoms with van der Waals surface area (Å²) in [5.74, 6) is -2.38. The van der Waals surface area contributed by atoms with E-state index < -0.39 is 51.2 Å². The Morgan fingerprint density at radius 2 is 1.59 bits per heavy atom. The second-order valence-corrected chi connectivity index (χ2v) is 14.5. The van der Waals surface area contributed by atoms with Crippen LogP contribution in [0.25, 0.3) is 0 Å². The molecule has 0 aromatic rings. The molecule has 4 unspecified atom stereocenters. The first-order valence-corrected chi connectivity index (χ1v) is 14.0. The fraction of sp³-hybridized carbons (Fsp3) is 0.800. The van der Waals surface area contributed by atoms with E-state index in [-0.39, 0.29) is 41.2 Å². The summed E-state index contributed by atoms with van der Waals surface area (Å²) >= 11 is 0. The van der Waals surface area contributed by atoms with Gasteiger partial charge in [0, 0.05) is 34.7 Å². The van der Waals surface area contributed by atoms with Crippen molar-refractivity contribution < 1.29 is 34.1 Å². The molecule has 2 N–H and O–H groups in total.